The van der Waals surface area contributed by atoms with E-state index in [0.29, 0.717) is 23.6 Å². The molecule has 2 amide bonds. The first-order chi connectivity index (χ1) is 12.1. The Hall–Kier alpha value is -3.22. The third-order valence-electron chi connectivity index (χ3n) is 3.72. The Kier molecular flexibility index (Phi) is 4.74. The van der Waals surface area contributed by atoms with E-state index >= 15 is 0 Å². The van der Waals surface area contributed by atoms with Gasteiger partial charge in [0.25, 0.3) is 5.91 Å². The second-order valence-corrected chi connectivity index (χ2v) is 5.41. The van der Waals surface area contributed by atoms with E-state index in [0.717, 1.165) is 5.52 Å². The van der Waals surface area contributed by atoms with Crippen molar-refractivity contribution in [2.45, 2.75) is 13.5 Å². The van der Waals surface area contributed by atoms with Crippen molar-refractivity contribution in [3.63, 3.8) is 0 Å². The van der Waals surface area contributed by atoms with Crippen LogP contribution in [-0.4, -0.2) is 27.9 Å². The Labute approximate surface area is 143 Å². The molecule has 0 aliphatic heterocycles. The summed E-state index contributed by atoms with van der Waals surface area (Å²) in [7, 11) is 0. The van der Waals surface area contributed by atoms with Crippen LogP contribution in [0.1, 0.15) is 17.3 Å². The molecule has 0 radical (unpaired) electrons. The van der Waals surface area contributed by atoms with Gasteiger partial charge < -0.3 is 9.88 Å². The molecule has 3 rings (SSSR count). The molecule has 0 spiro atoms. The van der Waals surface area contributed by atoms with Crippen LogP contribution in [0.3, 0.4) is 0 Å². The Morgan fingerprint density at radius 3 is 2.64 bits per heavy atom. The van der Waals surface area contributed by atoms with Crippen LogP contribution in [0.25, 0.3) is 11.0 Å². The number of hydrogen-bond donors (Lipinski definition) is 2. The van der Waals surface area contributed by atoms with Crippen LogP contribution < -0.4 is 10.6 Å². The van der Waals surface area contributed by atoms with Gasteiger partial charge in [-0.25, -0.2) is 9.37 Å². The van der Waals surface area contributed by atoms with E-state index in [2.05, 4.69) is 15.6 Å². The molecule has 0 unspecified atom stereocenters. The van der Waals surface area contributed by atoms with Gasteiger partial charge in [0, 0.05) is 18.2 Å². The van der Waals surface area contributed by atoms with E-state index in [4.69, 9.17) is 0 Å². The number of aryl methyl sites for hydroxylation is 1. The number of carbonyl (C=O) groups excluding carboxylic acids is 2. The Balaban J connectivity index is 1.69. The average Bonchev–Trinajstić information content (AvgIpc) is 2.96. The second-order valence-electron chi connectivity index (χ2n) is 5.41. The molecule has 0 saturated carbocycles. The van der Waals surface area contributed by atoms with Crippen LogP contribution in [-0.2, 0) is 11.3 Å². The fraction of sp³-hybridized carbons (Fsp3) is 0.167. The number of carbonyl (C=O) groups is 2. The standard InChI is InChI=1S/C18H17FN4O2/c1-2-23-15-9-8-13(19)10-14(15)21-18(23)22-16(24)11-20-17(25)12-6-4-3-5-7-12/h3-10H,2,11H2,1H3,(H,20,25)(H,21,22,24). The number of imidazole rings is 1. The van der Waals surface area contributed by atoms with Gasteiger partial charge in [0.2, 0.25) is 11.9 Å². The Bertz CT molecular complexity index is 921. The first kappa shape index (κ1) is 16.6. The summed E-state index contributed by atoms with van der Waals surface area (Å²) in [6.45, 7) is 2.28. The monoisotopic (exact) mass is 340 g/mol. The number of halogens is 1. The lowest BCUT2D eigenvalue weighted by Gasteiger charge is -2.08. The molecule has 0 aliphatic carbocycles. The SMILES string of the molecule is CCn1c(NC(=O)CNC(=O)c2ccccc2)nc2cc(F)ccc21. The number of hydrogen-bond acceptors (Lipinski definition) is 3. The van der Waals surface area contributed by atoms with Gasteiger partial charge in [-0.2, -0.15) is 0 Å². The predicted octanol–water partition coefficient (Wildman–Crippen LogP) is 2.56. The van der Waals surface area contributed by atoms with Crippen molar-refractivity contribution in [3.8, 4) is 0 Å². The Morgan fingerprint density at radius 2 is 1.92 bits per heavy atom. The summed E-state index contributed by atoms with van der Waals surface area (Å²) in [5.74, 6) is -0.806. The number of fused-ring (bicyclic) bond motifs is 1. The molecular weight excluding hydrogens is 323 g/mol. The zero-order chi connectivity index (χ0) is 17.8. The van der Waals surface area contributed by atoms with E-state index in [1.807, 2.05) is 13.0 Å². The number of amides is 2. The molecule has 6 nitrogen and oxygen atoms in total. The summed E-state index contributed by atoms with van der Waals surface area (Å²) < 4.78 is 15.1. The Morgan fingerprint density at radius 1 is 1.16 bits per heavy atom. The van der Waals surface area contributed by atoms with Crippen LogP contribution in [0.2, 0.25) is 0 Å². The average molecular weight is 340 g/mol. The highest BCUT2D eigenvalue weighted by Gasteiger charge is 2.14. The summed E-state index contributed by atoms with van der Waals surface area (Å²) in [4.78, 5) is 28.3. The molecule has 1 heterocycles. The molecule has 0 atom stereocenters. The maximum Gasteiger partial charge on any atom is 0.251 e. The molecule has 3 aromatic rings. The van der Waals surface area contributed by atoms with E-state index in [1.54, 1.807) is 34.9 Å². The van der Waals surface area contributed by atoms with Gasteiger partial charge >= 0.3 is 0 Å². The maximum absolute atomic E-state index is 13.3. The number of nitrogens with one attached hydrogen (secondary N) is 2. The maximum atomic E-state index is 13.3. The first-order valence-electron chi connectivity index (χ1n) is 7.87. The van der Waals surface area contributed by atoms with E-state index in [1.165, 1.54) is 12.1 Å². The minimum Gasteiger partial charge on any atom is -0.343 e. The molecule has 25 heavy (non-hydrogen) atoms. The number of benzene rings is 2. The summed E-state index contributed by atoms with van der Waals surface area (Å²) in [5.41, 5.74) is 1.67. The van der Waals surface area contributed by atoms with Gasteiger partial charge in [0.05, 0.1) is 17.6 Å². The molecule has 0 fully saturated rings. The van der Waals surface area contributed by atoms with Gasteiger partial charge in [-0.15, -0.1) is 0 Å². The van der Waals surface area contributed by atoms with Crippen LogP contribution in [0.15, 0.2) is 48.5 Å². The minimum atomic E-state index is -0.408. The van der Waals surface area contributed by atoms with E-state index in [9.17, 15) is 14.0 Å². The molecule has 128 valence electrons. The summed E-state index contributed by atoms with van der Waals surface area (Å²) >= 11 is 0. The predicted molar refractivity (Wildman–Crippen MR) is 92.8 cm³/mol. The fourth-order valence-corrected chi connectivity index (χ4v) is 2.54. The zero-order valence-corrected chi connectivity index (χ0v) is 13.6. The van der Waals surface area contributed by atoms with Gasteiger partial charge in [0.15, 0.2) is 0 Å². The van der Waals surface area contributed by atoms with Gasteiger partial charge in [0.1, 0.15) is 5.82 Å². The van der Waals surface area contributed by atoms with Crippen LogP contribution >= 0.6 is 0 Å². The highest BCUT2D eigenvalue weighted by molar-refractivity contribution is 5.99. The molecule has 2 aromatic carbocycles. The first-order valence-corrected chi connectivity index (χ1v) is 7.87. The summed E-state index contributed by atoms with van der Waals surface area (Å²) in [6, 6.07) is 12.9. The summed E-state index contributed by atoms with van der Waals surface area (Å²) in [5, 5.41) is 5.20. The van der Waals surface area contributed by atoms with Crippen LogP contribution in [0.5, 0.6) is 0 Å². The highest BCUT2D eigenvalue weighted by Crippen LogP contribution is 2.20. The van der Waals surface area contributed by atoms with E-state index in [-0.39, 0.29) is 18.3 Å². The topological polar surface area (TPSA) is 76.0 Å². The van der Waals surface area contributed by atoms with Crippen LogP contribution in [0, 0.1) is 5.82 Å². The van der Waals surface area contributed by atoms with Gasteiger partial charge in [-0.05, 0) is 31.2 Å². The fourth-order valence-electron chi connectivity index (χ4n) is 2.54. The van der Waals surface area contributed by atoms with E-state index < -0.39 is 5.91 Å². The minimum absolute atomic E-state index is 0.186. The lowest BCUT2D eigenvalue weighted by Crippen LogP contribution is -2.33. The van der Waals surface area contributed by atoms with Crippen molar-refractivity contribution in [2.24, 2.45) is 0 Å². The molecule has 7 heteroatoms. The van der Waals surface area contributed by atoms with Crippen molar-refractivity contribution in [1.29, 1.82) is 0 Å². The smallest absolute Gasteiger partial charge is 0.251 e. The van der Waals surface area contributed by atoms with Crippen molar-refractivity contribution in [2.75, 3.05) is 11.9 Å². The lowest BCUT2D eigenvalue weighted by atomic mass is 10.2. The highest BCUT2D eigenvalue weighted by atomic mass is 19.1. The largest absolute Gasteiger partial charge is 0.343 e. The molecule has 0 bridgehead atoms. The number of aromatic nitrogens is 2. The van der Waals surface area contributed by atoms with Crippen molar-refractivity contribution in [3.05, 3.63) is 59.9 Å². The van der Waals surface area contributed by atoms with Crippen molar-refractivity contribution < 1.29 is 14.0 Å². The number of rotatable bonds is 5. The third-order valence-corrected chi connectivity index (χ3v) is 3.72. The number of nitrogens with zero attached hydrogens (tertiary/aromatic N) is 2. The van der Waals surface area contributed by atoms with Crippen LogP contribution in [0.4, 0.5) is 10.3 Å². The molecular formula is C18H17FN4O2. The quantitative estimate of drug-likeness (QED) is 0.749. The second kappa shape index (κ2) is 7.12. The lowest BCUT2D eigenvalue weighted by molar-refractivity contribution is -0.115. The van der Waals surface area contributed by atoms with Crippen molar-refractivity contribution in [1.82, 2.24) is 14.9 Å². The third kappa shape index (κ3) is 3.65. The normalized spacial score (nSPS) is 10.6. The molecule has 2 N–H and O–H groups in total. The van der Waals surface area contributed by atoms with Gasteiger partial charge in [-0.1, -0.05) is 18.2 Å². The molecule has 0 saturated heterocycles. The molecule has 1 aromatic heterocycles. The molecule has 0 aliphatic rings. The van der Waals surface area contributed by atoms with Crippen molar-refractivity contribution >= 4 is 28.8 Å². The zero-order valence-electron chi connectivity index (χ0n) is 13.6. The number of anilines is 1. The van der Waals surface area contributed by atoms with Gasteiger partial charge in [-0.3, -0.25) is 14.9 Å². The summed E-state index contributed by atoms with van der Waals surface area (Å²) in [6.07, 6.45) is 0.